The number of aryl methyl sites for hydroxylation is 1. The Hall–Kier alpha value is -2.53. The minimum Gasteiger partial charge on any atom is -0.493 e. The molecule has 0 radical (unpaired) electrons. The number of carbonyl (C=O) groups is 1. The van der Waals surface area contributed by atoms with Crippen molar-refractivity contribution in [3.05, 3.63) is 39.8 Å². The normalized spacial score (nSPS) is 18.8. The summed E-state index contributed by atoms with van der Waals surface area (Å²) >= 11 is 2.78. The van der Waals surface area contributed by atoms with Gasteiger partial charge in [0.15, 0.2) is 16.6 Å². The Balaban J connectivity index is 1.44. The van der Waals surface area contributed by atoms with Gasteiger partial charge in [0.2, 0.25) is 0 Å². The van der Waals surface area contributed by atoms with Gasteiger partial charge in [0.1, 0.15) is 9.88 Å². The van der Waals surface area contributed by atoms with Crippen LogP contribution in [0.4, 0.5) is 5.13 Å². The van der Waals surface area contributed by atoms with Crippen LogP contribution < -0.4 is 14.8 Å². The standard InChI is InChI=1S/C23H28N4O4S2/c1-13-9-27(10-14(2)31-13)11-17-12-32-23(25-17)26-21(28)20-15(3)24-22(33-20)16-6-7-18(29-4)19(8-16)30-5/h6-8,12-14H,9-11H2,1-5H3,(H,25,26,28). The summed E-state index contributed by atoms with van der Waals surface area (Å²) in [7, 11) is 3.19. The summed E-state index contributed by atoms with van der Waals surface area (Å²) in [5.74, 6) is 1.06. The third-order valence-corrected chi connectivity index (χ3v) is 7.30. The van der Waals surface area contributed by atoms with E-state index in [-0.39, 0.29) is 18.1 Å². The first kappa shape index (κ1) is 23.6. The Morgan fingerprint density at radius 1 is 1.18 bits per heavy atom. The fraction of sp³-hybridized carbons (Fsp3) is 0.435. The molecule has 0 spiro atoms. The minimum absolute atomic E-state index is 0.203. The van der Waals surface area contributed by atoms with Crippen LogP contribution in [0.25, 0.3) is 10.6 Å². The average Bonchev–Trinajstić information content (AvgIpc) is 3.38. The number of morpholine rings is 1. The van der Waals surface area contributed by atoms with Gasteiger partial charge in [0, 0.05) is 30.6 Å². The summed E-state index contributed by atoms with van der Waals surface area (Å²) < 4.78 is 16.5. The number of ether oxygens (including phenoxy) is 3. The molecule has 1 amide bonds. The largest absolute Gasteiger partial charge is 0.493 e. The number of aromatic nitrogens is 2. The van der Waals surface area contributed by atoms with E-state index >= 15 is 0 Å². The third kappa shape index (κ3) is 5.52. The van der Waals surface area contributed by atoms with E-state index in [1.165, 1.54) is 22.7 Å². The van der Waals surface area contributed by atoms with Gasteiger partial charge in [-0.05, 0) is 39.0 Å². The Bertz CT molecular complexity index is 1120. The SMILES string of the molecule is COc1ccc(-c2nc(C)c(C(=O)Nc3nc(CN4CC(C)OC(C)C4)cs3)s2)cc1OC. The summed E-state index contributed by atoms with van der Waals surface area (Å²) in [6.07, 6.45) is 0.418. The number of anilines is 1. The fourth-order valence-corrected chi connectivity index (χ4v) is 5.59. The average molecular weight is 489 g/mol. The minimum atomic E-state index is -0.203. The molecular formula is C23H28N4O4S2. The highest BCUT2D eigenvalue weighted by molar-refractivity contribution is 7.17. The lowest BCUT2D eigenvalue weighted by molar-refractivity contribution is -0.0707. The summed E-state index contributed by atoms with van der Waals surface area (Å²) in [5.41, 5.74) is 2.49. The number of methoxy groups -OCH3 is 2. The van der Waals surface area contributed by atoms with Crippen molar-refractivity contribution in [2.24, 2.45) is 0 Å². The van der Waals surface area contributed by atoms with Gasteiger partial charge < -0.3 is 14.2 Å². The molecule has 2 atom stereocenters. The van der Waals surface area contributed by atoms with Gasteiger partial charge in [-0.2, -0.15) is 0 Å². The molecular weight excluding hydrogens is 460 g/mol. The van der Waals surface area contributed by atoms with E-state index in [9.17, 15) is 4.79 Å². The van der Waals surface area contributed by atoms with Crippen LogP contribution in [0.5, 0.6) is 11.5 Å². The maximum atomic E-state index is 12.9. The maximum Gasteiger partial charge on any atom is 0.269 e. The van der Waals surface area contributed by atoms with Crippen molar-refractivity contribution in [2.45, 2.75) is 39.5 Å². The van der Waals surface area contributed by atoms with Crippen LogP contribution in [0, 0.1) is 6.92 Å². The molecule has 1 aliphatic heterocycles. The smallest absolute Gasteiger partial charge is 0.269 e. The van der Waals surface area contributed by atoms with Crippen LogP contribution in [0.2, 0.25) is 0 Å². The molecule has 1 aliphatic rings. The third-order valence-electron chi connectivity index (χ3n) is 5.29. The Morgan fingerprint density at radius 2 is 1.91 bits per heavy atom. The molecule has 2 aromatic heterocycles. The lowest BCUT2D eigenvalue weighted by atomic mass is 10.2. The zero-order valence-electron chi connectivity index (χ0n) is 19.4. The van der Waals surface area contributed by atoms with Crippen molar-refractivity contribution in [3.8, 4) is 22.1 Å². The van der Waals surface area contributed by atoms with Crippen molar-refractivity contribution in [3.63, 3.8) is 0 Å². The molecule has 176 valence electrons. The van der Waals surface area contributed by atoms with Crippen LogP contribution in [0.3, 0.4) is 0 Å². The quantitative estimate of drug-likeness (QED) is 0.526. The molecule has 4 rings (SSSR count). The highest BCUT2D eigenvalue weighted by Gasteiger charge is 2.23. The fourth-order valence-electron chi connectivity index (χ4n) is 3.93. The maximum absolute atomic E-state index is 12.9. The number of benzene rings is 1. The first-order valence-corrected chi connectivity index (χ1v) is 12.4. The van der Waals surface area contributed by atoms with Crippen LogP contribution in [-0.4, -0.2) is 60.3 Å². The van der Waals surface area contributed by atoms with E-state index in [4.69, 9.17) is 14.2 Å². The molecule has 1 N–H and O–H groups in total. The number of amides is 1. The summed E-state index contributed by atoms with van der Waals surface area (Å²) in [6.45, 7) is 8.51. The van der Waals surface area contributed by atoms with E-state index < -0.39 is 0 Å². The predicted octanol–water partition coefficient (Wildman–Crippen LogP) is 4.45. The molecule has 0 aliphatic carbocycles. The lowest BCUT2D eigenvalue weighted by Gasteiger charge is -2.34. The topological polar surface area (TPSA) is 85.8 Å². The van der Waals surface area contributed by atoms with E-state index in [0.29, 0.717) is 27.2 Å². The second kappa shape index (κ2) is 10.2. The predicted molar refractivity (Wildman–Crippen MR) is 131 cm³/mol. The molecule has 10 heteroatoms. The molecule has 0 saturated carbocycles. The zero-order chi connectivity index (χ0) is 23.5. The van der Waals surface area contributed by atoms with Gasteiger partial charge in [0.25, 0.3) is 5.91 Å². The Kier molecular flexibility index (Phi) is 7.28. The van der Waals surface area contributed by atoms with Crippen molar-refractivity contribution >= 4 is 33.7 Å². The second-order valence-corrected chi connectivity index (χ2v) is 9.91. The van der Waals surface area contributed by atoms with Crippen molar-refractivity contribution < 1.29 is 19.0 Å². The van der Waals surface area contributed by atoms with Gasteiger partial charge >= 0.3 is 0 Å². The van der Waals surface area contributed by atoms with E-state index in [2.05, 4.69) is 34.0 Å². The first-order valence-electron chi connectivity index (χ1n) is 10.7. The monoisotopic (exact) mass is 488 g/mol. The highest BCUT2D eigenvalue weighted by atomic mass is 32.1. The highest BCUT2D eigenvalue weighted by Crippen LogP contribution is 2.35. The van der Waals surface area contributed by atoms with Gasteiger partial charge in [0.05, 0.1) is 37.8 Å². The number of thiazole rings is 2. The Labute approximate surface area is 201 Å². The molecule has 1 fully saturated rings. The van der Waals surface area contributed by atoms with Crippen LogP contribution in [0.15, 0.2) is 23.6 Å². The van der Waals surface area contributed by atoms with E-state index in [1.807, 2.05) is 30.5 Å². The molecule has 1 aromatic carbocycles. The molecule has 3 heterocycles. The summed E-state index contributed by atoms with van der Waals surface area (Å²) in [5, 5.41) is 6.26. The molecule has 8 nitrogen and oxygen atoms in total. The number of rotatable bonds is 7. The van der Waals surface area contributed by atoms with E-state index in [0.717, 1.165) is 35.9 Å². The van der Waals surface area contributed by atoms with Crippen molar-refractivity contribution in [1.82, 2.24) is 14.9 Å². The number of nitrogens with zero attached hydrogens (tertiary/aromatic N) is 3. The first-order chi connectivity index (χ1) is 15.9. The number of nitrogens with one attached hydrogen (secondary N) is 1. The summed E-state index contributed by atoms with van der Waals surface area (Å²) in [4.78, 5) is 25.1. The van der Waals surface area contributed by atoms with Gasteiger partial charge in [-0.1, -0.05) is 0 Å². The van der Waals surface area contributed by atoms with E-state index in [1.54, 1.807) is 14.2 Å². The molecule has 0 bridgehead atoms. The lowest BCUT2D eigenvalue weighted by Crippen LogP contribution is -2.44. The van der Waals surface area contributed by atoms with Crippen molar-refractivity contribution in [1.29, 1.82) is 0 Å². The van der Waals surface area contributed by atoms with Gasteiger partial charge in [-0.3, -0.25) is 15.0 Å². The number of hydrogen-bond donors (Lipinski definition) is 1. The van der Waals surface area contributed by atoms with Crippen molar-refractivity contribution in [2.75, 3.05) is 32.6 Å². The zero-order valence-corrected chi connectivity index (χ0v) is 21.0. The second-order valence-electron chi connectivity index (χ2n) is 8.05. The van der Waals surface area contributed by atoms with Crippen LogP contribution >= 0.6 is 22.7 Å². The van der Waals surface area contributed by atoms with Crippen LogP contribution in [-0.2, 0) is 11.3 Å². The Morgan fingerprint density at radius 3 is 2.61 bits per heavy atom. The van der Waals surface area contributed by atoms with Crippen LogP contribution in [0.1, 0.15) is 34.9 Å². The molecule has 33 heavy (non-hydrogen) atoms. The van der Waals surface area contributed by atoms with Gasteiger partial charge in [-0.15, -0.1) is 22.7 Å². The summed E-state index contributed by atoms with van der Waals surface area (Å²) in [6, 6.07) is 5.60. The number of carbonyl (C=O) groups excluding carboxylic acids is 1. The van der Waals surface area contributed by atoms with Gasteiger partial charge in [-0.25, -0.2) is 9.97 Å². The molecule has 1 saturated heterocycles. The number of hydrogen-bond acceptors (Lipinski definition) is 9. The molecule has 2 unspecified atom stereocenters. The molecule has 3 aromatic rings.